The van der Waals surface area contributed by atoms with Gasteiger partial charge in [0, 0.05) is 32.9 Å². The van der Waals surface area contributed by atoms with Crippen molar-refractivity contribution in [3.8, 4) is 0 Å². The average molecular weight is 451 g/mol. The minimum absolute atomic E-state index is 0.125. The Labute approximate surface area is 161 Å². The standard InChI is InChI=1S/C20H22INO3/c1-11(2)25-20(24)17-12(3)22-15-5-4-6-16(23)19(15)18(17)13-7-9-14(21)10-8-13/h7-11,18,22H,4-6H2,1-3H3. The molecule has 0 amide bonds. The van der Waals surface area contributed by atoms with E-state index in [1.54, 1.807) is 0 Å². The molecular weight excluding hydrogens is 429 g/mol. The summed E-state index contributed by atoms with van der Waals surface area (Å²) < 4.78 is 6.60. The first-order chi connectivity index (χ1) is 11.9. The quantitative estimate of drug-likeness (QED) is 0.553. The normalized spacial score (nSPS) is 20.5. The van der Waals surface area contributed by atoms with Gasteiger partial charge in [0.05, 0.1) is 11.7 Å². The Morgan fingerprint density at radius 2 is 1.92 bits per heavy atom. The average Bonchev–Trinajstić information content (AvgIpc) is 2.53. The van der Waals surface area contributed by atoms with Crippen molar-refractivity contribution >= 4 is 34.3 Å². The van der Waals surface area contributed by atoms with E-state index in [2.05, 4.69) is 27.9 Å². The third-order valence-corrected chi connectivity index (χ3v) is 5.26. The van der Waals surface area contributed by atoms with Crippen LogP contribution < -0.4 is 5.32 Å². The van der Waals surface area contributed by atoms with Crippen LogP contribution in [0.5, 0.6) is 0 Å². The van der Waals surface area contributed by atoms with E-state index in [9.17, 15) is 9.59 Å². The van der Waals surface area contributed by atoms with Crippen LogP contribution in [0, 0.1) is 3.57 Å². The van der Waals surface area contributed by atoms with Crippen LogP contribution in [0.2, 0.25) is 0 Å². The molecule has 0 saturated carbocycles. The highest BCUT2D eigenvalue weighted by atomic mass is 127. The number of rotatable bonds is 3. The number of carbonyl (C=O) groups excluding carboxylic acids is 2. The smallest absolute Gasteiger partial charge is 0.337 e. The Hall–Kier alpha value is -1.63. The molecule has 0 fully saturated rings. The Kier molecular flexibility index (Phi) is 5.32. The summed E-state index contributed by atoms with van der Waals surface area (Å²) in [4.78, 5) is 25.5. The van der Waals surface area contributed by atoms with Crippen molar-refractivity contribution in [3.63, 3.8) is 0 Å². The molecule has 1 unspecified atom stereocenters. The fraction of sp³-hybridized carbons (Fsp3) is 0.400. The van der Waals surface area contributed by atoms with E-state index in [1.807, 2.05) is 45.0 Å². The summed E-state index contributed by atoms with van der Waals surface area (Å²) in [6, 6.07) is 8.01. The first-order valence-electron chi connectivity index (χ1n) is 8.59. The highest BCUT2D eigenvalue weighted by molar-refractivity contribution is 14.1. The SMILES string of the molecule is CC1=C(C(=O)OC(C)C)C(c2ccc(I)cc2)C2=C(CCCC2=O)N1. The Balaban J connectivity index is 2.13. The van der Waals surface area contributed by atoms with Crippen LogP contribution in [0.1, 0.15) is 51.5 Å². The van der Waals surface area contributed by atoms with Crippen molar-refractivity contribution in [1.29, 1.82) is 0 Å². The van der Waals surface area contributed by atoms with E-state index in [-0.39, 0.29) is 23.8 Å². The molecule has 1 heterocycles. The lowest BCUT2D eigenvalue weighted by atomic mass is 9.75. The van der Waals surface area contributed by atoms with Crippen LogP contribution in [0.3, 0.4) is 0 Å². The number of ketones is 1. The van der Waals surface area contributed by atoms with Crippen LogP contribution in [0.4, 0.5) is 0 Å². The predicted octanol–water partition coefficient (Wildman–Crippen LogP) is 4.21. The van der Waals surface area contributed by atoms with Gasteiger partial charge in [-0.3, -0.25) is 4.79 Å². The molecule has 1 aromatic carbocycles. The predicted molar refractivity (Wildman–Crippen MR) is 105 cm³/mol. The lowest BCUT2D eigenvalue weighted by Crippen LogP contribution is -2.34. The number of nitrogens with one attached hydrogen (secondary N) is 1. The van der Waals surface area contributed by atoms with Crippen LogP contribution in [-0.2, 0) is 14.3 Å². The highest BCUT2D eigenvalue weighted by Gasteiger charge is 2.39. The summed E-state index contributed by atoms with van der Waals surface area (Å²) in [5.41, 5.74) is 3.97. The van der Waals surface area contributed by atoms with Crippen molar-refractivity contribution in [3.05, 3.63) is 55.9 Å². The fourth-order valence-electron chi connectivity index (χ4n) is 3.52. The van der Waals surface area contributed by atoms with E-state index in [0.29, 0.717) is 12.0 Å². The van der Waals surface area contributed by atoms with Crippen molar-refractivity contribution < 1.29 is 14.3 Å². The van der Waals surface area contributed by atoms with Gasteiger partial charge in [0.15, 0.2) is 5.78 Å². The lowest BCUT2D eigenvalue weighted by Gasteiger charge is -2.34. The first kappa shape index (κ1) is 18.2. The number of hydrogen-bond donors (Lipinski definition) is 1. The number of halogens is 1. The maximum Gasteiger partial charge on any atom is 0.337 e. The van der Waals surface area contributed by atoms with Gasteiger partial charge in [-0.15, -0.1) is 0 Å². The van der Waals surface area contributed by atoms with Gasteiger partial charge < -0.3 is 10.1 Å². The highest BCUT2D eigenvalue weighted by Crippen LogP contribution is 2.42. The molecule has 0 saturated heterocycles. The summed E-state index contributed by atoms with van der Waals surface area (Å²) in [5.74, 6) is -0.583. The monoisotopic (exact) mass is 451 g/mol. The van der Waals surface area contributed by atoms with E-state index >= 15 is 0 Å². The molecule has 0 aromatic heterocycles. The molecule has 4 nitrogen and oxygen atoms in total. The number of hydrogen-bond acceptors (Lipinski definition) is 4. The third-order valence-electron chi connectivity index (χ3n) is 4.54. The zero-order valence-corrected chi connectivity index (χ0v) is 16.8. The van der Waals surface area contributed by atoms with Crippen molar-refractivity contribution in [2.24, 2.45) is 0 Å². The number of esters is 1. The van der Waals surface area contributed by atoms with Crippen molar-refractivity contribution in [2.45, 2.75) is 52.1 Å². The molecule has 0 spiro atoms. The Morgan fingerprint density at radius 1 is 1.24 bits per heavy atom. The number of benzene rings is 1. The van der Waals surface area contributed by atoms with Crippen molar-refractivity contribution in [1.82, 2.24) is 5.32 Å². The van der Waals surface area contributed by atoms with Crippen LogP contribution in [0.15, 0.2) is 46.8 Å². The molecule has 1 N–H and O–H groups in total. The zero-order chi connectivity index (χ0) is 18.1. The van der Waals surface area contributed by atoms with Crippen LogP contribution in [0.25, 0.3) is 0 Å². The molecular formula is C20H22INO3. The summed E-state index contributed by atoms with van der Waals surface area (Å²) >= 11 is 2.25. The molecule has 5 heteroatoms. The summed E-state index contributed by atoms with van der Waals surface area (Å²) in [6.45, 7) is 5.56. The molecule has 2 aliphatic rings. The second kappa shape index (κ2) is 7.32. The van der Waals surface area contributed by atoms with Gasteiger partial charge in [-0.25, -0.2) is 4.79 Å². The molecule has 1 atom stereocenters. The van der Waals surface area contributed by atoms with Gasteiger partial charge in [-0.05, 0) is 73.9 Å². The minimum Gasteiger partial charge on any atom is -0.460 e. The van der Waals surface area contributed by atoms with Gasteiger partial charge in [0.2, 0.25) is 0 Å². The first-order valence-corrected chi connectivity index (χ1v) is 9.67. The van der Waals surface area contributed by atoms with E-state index in [0.717, 1.165) is 38.9 Å². The molecule has 132 valence electrons. The maximum atomic E-state index is 12.8. The number of allylic oxidation sites excluding steroid dienone is 3. The van der Waals surface area contributed by atoms with Gasteiger partial charge in [-0.2, -0.15) is 0 Å². The van der Waals surface area contributed by atoms with Crippen LogP contribution in [-0.4, -0.2) is 17.9 Å². The van der Waals surface area contributed by atoms with Crippen molar-refractivity contribution in [2.75, 3.05) is 0 Å². The van der Waals surface area contributed by atoms with E-state index in [4.69, 9.17) is 4.74 Å². The second-order valence-corrected chi connectivity index (χ2v) is 8.02. The molecule has 1 aromatic rings. The summed E-state index contributed by atoms with van der Waals surface area (Å²) in [6.07, 6.45) is 2.02. The fourth-order valence-corrected chi connectivity index (χ4v) is 3.88. The topological polar surface area (TPSA) is 55.4 Å². The van der Waals surface area contributed by atoms with E-state index < -0.39 is 0 Å². The second-order valence-electron chi connectivity index (χ2n) is 6.77. The molecule has 0 radical (unpaired) electrons. The number of carbonyl (C=O) groups is 2. The van der Waals surface area contributed by atoms with Gasteiger partial charge in [0.25, 0.3) is 0 Å². The van der Waals surface area contributed by atoms with E-state index in [1.165, 1.54) is 0 Å². The largest absolute Gasteiger partial charge is 0.460 e. The number of ether oxygens (including phenoxy) is 1. The molecule has 1 aliphatic carbocycles. The number of dihydropyridines is 1. The summed E-state index contributed by atoms with van der Waals surface area (Å²) in [5, 5.41) is 3.30. The van der Waals surface area contributed by atoms with Crippen LogP contribution >= 0.6 is 22.6 Å². The lowest BCUT2D eigenvalue weighted by molar-refractivity contribution is -0.143. The zero-order valence-electron chi connectivity index (χ0n) is 14.7. The Bertz CT molecular complexity index is 775. The number of Topliss-reactive ketones (excluding diaryl/α,β-unsaturated/α-hetero) is 1. The van der Waals surface area contributed by atoms with Gasteiger partial charge in [0.1, 0.15) is 0 Å². The minimum atomic E-state index is -0.354. The molecule has 3 rings (SSSR count). The summed E-state index contributed by atoms with van der Waals surface area (Å²) in [7, 11) is 0. The van der Waals surface area contributed by atoms with Gasteiger partial charge in [-0.1, -0.05) is 12.1 Å². The molecule has 1 aliphatic heterocycles. The van der Waals surface area contributed by atoms with Gasteiger partial charge >= 0.3 is 5.97 Å². The third kappa shape index (κ3) is 3.66. The maximum absolute atomic E-state index is 12.8. The molecule has 25 heavy (non-hydrogen) atoms. The molecule has 0 bridgehead atoms. The Morgan fingerprint density at radius 3 is 2.56 bits per heavy atom.